The lowest BCUT2D eigenvalue weighted by atomic mass is 9.82. The van der Waals surface area contributed by atoms with Crippen molar-refractivity contribution in [3.05, 3.63) is 77.9 Å². The normalized spacial score (nSPS) is 22.2. The van der Waals surface area contributed by atoms with Gasteiger partial charge in [-0.15, -0.1) is 0 Å². The van der Waals surface area contributed by atoms with Gasteiger partial charge in [0.05, 0.1) is 23.7 Å². The number of para-hydroxylation sites is 1. The second kappa shape index (κ2) is 6.90. The van der Waals surface area contributed by atoms with Gasteiger partial charge in [0.25, 0.3) is 0 Å². The summed E-state index contributed by atoms with van der Waals surface area (Å²) in [6.45, 7) is 3.36. The van der Waals surface area contributed by atoms with Crippen LogP contribution < -0.4 is 9.64 Å². The summed E-state index contributed by atoms with van der Waals surface area (Å²) < 4.78 is 23.1. The van der Waals surface area contributed by atoms with Gasteiger partial charge in [-0.25, -0.2) is 9.37 Å². The number of nitriles is 1. The fourth-order valence-corrected chi connectivity index (χ4v) is 3.74. The van der Waals surface area contributed by atoms with Crippen LogP contribution in [0, 0.1) is 11.3 Å². The highest BCUT2D eigenvalue weighted by molar-refractivity contribution is 5.56. The number of aliphatic hydroxyl groups is 1. The first-order valence-electron chi connectivity index (χ1n) is 9.28. The fourth-order valence-electron chi connectivity index (χ4n) is 3.74. The van der Waals surface area contributed by atoms with Crippen LogP contribution in [0.3, 0.4) is 0 Å². The quantitative estimate of drug-likeness (QED) is 0.662. The van der Waals surface area contributed by atoms with Crippen molar-refractivity contribution in [3.8, 4) is 11.8 Å². The molecule has 1 aliphatic heterocycles. The number of H-pyrrole nitrogens is 1. The van der Waals surface area contributed by atoms with E-state index in [0.717, 1.165) is 0 Å². The van der Waals surface area contributed by atoms with E-state index in [0.29, 0.717) is 17.3 Å². The molecule has 2 heterocycles. The Morgan fingerprint density at radius 2 is 2.03 bits per heavy atom. The summed E-state index contributed by atoms with van der Waals surface area (Å²) >= 11 is 0. The molecule has 0 spiro atoms. The van der Waals surface area contributed by atoms with E-state index >= 15 is 4.39 Å². The summed E-state index contributed by atoms with van der Waals surface area (Å²) in [5.41, 5.74) is -0.242. The molecule has 3 aromatic rings. The maximum absolute atomic E-state index is 17.2. The first kappa shape index (κ1) is 19.0. The molecule has 1 aromatic heterocycles. The third-order valence-electron chi connectivity index (χ3n) is 5.20. The zero-order valence-electron chi connectivity index (χ0n) is 16.1. The zero-order chi connectivity index (χ0) is 20.6. The molecule has 0 aliphatic carbocycles. The number of imidazole rings is 1. The molecular formula is C22H21FN4O2. The number of aliphatic hydroxyl groups excluding tert-OH is 1. The number of hydrogen-bond donors (Lipinski definition) is 2. The average Bonchev–Trinajstić information content (AvgIpc) is 3.24. The molecule has 148 valence electrons. The third kappa shape index (κ3) is 3.12. The highest BCUT2D eigenvalue weighted by Gasteiger charge is 2.58. The van der Waals surface area contributed by atoms with E-state index in [1.807, 2.05) is 12.1 Å². The van der Waals surface area contributed by atoms with E-state index in [9.17, 15) is 10.4 Å². The molecule has 2 atom stereocenters. The van der Waals surface area contributed by atoms with Crippen molar-refractivity contribution in [1.29, 1.82) is 5.26 Å². The minimum Gasteiger partial charge on any atom is -0.484 e. The molecule has 2 N–H and O–H groups in total. The topological polar surface area (TPSA) is 85.2 Å². The summed E-state index contributed by atoms with van der Waals surface area (Å²) in [5, 5.41) is 20.5. The molecule has 4 rings (SSSR count). The van der Waals surface area contributed by atoms with Gasteiger partial charge in [-0.2, -0.15) is 5.26 Å². The molecule has 2 aromatic carbocycles. The van der Waals surface area contributed by atoms with Crippen molar-refractivity contribution >= 4 is 5.69 Å². The highest BCUT2D eigenvalue weighted by atomic mass is 19.1. The lowest BCUT2D eigenvalue weighted by molar-refractivity contribution is -0.137. The molecule has 6 nitrogen and oxygen atoms in total. The number of halogens is 1. The second-order valence-corrected chi connectivity index (χ2v) is 7.56. The van der Waals surface area contributed by atoms with Crippen molar-refractivity contribution in [2.24, 2.45) is 0 Å². The summed E-state index contributed by atoms with van der Waals surface area (Å²) in [6, 6.07) is 15.6. The number of benzene rings is 2. The number of ether oxygens (including phenoxy) is 1. The molecule has 0 saturated heterocycles. The number of hydrogen-bond acceptors (Lipinski definition) is 5. The monoisotopic (exact) mass is 392 g/mol. The number of fused-ring (bicyclic) bond motifs is 1. The number of nitrogens with one attached hydrogen (secondary N) is 1. The van der Waals surface area contributed by atoms with E-state index in [1.54, 1.807) is 62.6 Å². The van der Waals surface area contributed by atoms with Gasteiger partial charge >= 0.3 is 0 Å². The summed E-state index contributed by atoms with van der Waals surface area (Å²) in [4.78, 5) is 8.68. The predicted molar refractivity (Wildman–Crippen MR) is 106 cm³/mol. The minimum atomic E-state index is -2.36. The minimum absolute atomic E-state index is 0.0802. The Bertz CT molecular complexity index is 1050. The van der Waals surface area contributed by atoms with Crippen LogP contribution in [0.25, 0.3) is 0 Å². The lowest BCUT2D eigenvalue weighted by Crippen LogP contribution is -2.63. The summed E-state index contributed by atoms with van der Waals surface area (Å²) in [6.07, 6.45) is 1.72. The smallest absolute Gasteiger partial charge is 0.242 e. The zero-order valence-corrected chi connectivity index (χ0v) is 16.1. The molecule has 0 bridgehead atoms. The van der Waals surface area contributed by atoms with Gasteiger partial charge in [-0.1, -0.05) is 18.2 Å². The first-order chi connectivity index (χ1) is 13.9. The molecule has 7 heteroatoms. The van der Waals surface area contributed by atoms with E-state index in [-0.39, 0.29) is 17.7 Å². The van der Waals surface area contributed by atoms with Crippen molar-refractivity contribution in [1.82, 2.24) is 9.97 Å². The third-order valence-corrected chi connectivity index (χ3v) is 5.20. The Hall–Kier alpha value is -3.37. The summed E-state index contributed by atoms with van der Waals surface area (Å²) in [7, 11) is 0. The first-order valence-corrected chi connectivity index (χ1v) is 9.28. The van der Waals surface area contributed by atoms with Crippen LogP contribution in [0.1, 0.15) is 30.8 Å². The van der Waals surface area contributed by atoms with Crippen molar-refractivity contribution in [2.45, 2.75) is 37.9 Å². The van der Waals surface area contributed by atoms with Crippen LogP contribution >= 0.6 is 0 Å². The number of aromatic amines is 1. The largest absolute Gasteiger partial charge is 0.484 e. The standard InChI is InChI=1S/C22H21FN4O2/c1-21(2)20(28)22(23,17-12-15(13-24)8-9-18(17)29-21)27(14-19-25-10-11-26-19)16-6-4-3-5-7-16/h3-12,20,28H,14H2,1-2H3,(H,25,26). The molecule has 0 radical (unpaired) electrons. The lowest BCUT2D eigenvalue weighted by Gasteiger charge is -2.50. The predicted octanol–water partition coefficient (Wildman–Crippen LogP) is 3.64. The van der Waals surface area contributed by atoms with E-state index < -0.39 is 17.5 Å². The van der Waals surface area contributed by atoms with Crippen LogP contribution in [0.15, 0.2) is 60.9 Å². The number of aromatic nitrogens is 2. The average molecular weight is 392 g/mol. The van der Waals surface area contributed by atoms with Crippen LogP contribution in [-0.4, -0.2) is 26.8 Å². The van der Waals surface area contributed by atoms with Gasteiger partial charge in [0.15, 0.2) is 6.10 Å². The Morgan fingerprint density at radius 3 is 2.69 bits per heavy atom. The van der Waals surface area contributed by atoms with Gasteiger partial charge in [0.2, 0.25) is 5.79 Å². The maximum atomic E-state index is 17.2. The molecule has 29 heavy (non-hydrogen) atoms. The Kier molecular flexibility index (Phi) is 4.52. The van der Waals surface area contributed by atoms with Crippen molar-refractivity contribution in [2.75, 3.05) is 4.90 Å². The number of nitrogens with zero attached hydrogens (tertiary/aromatic N) is 3. The van der Waals surface area contributed by atoms with Crippen LogP contribution in [0.5, 0.6) is 5.75 Å². The maximum Gasteiger partial charge on any atom is 0.242 e. The molecular weight excluding hydrogens is 371 g/mol. The van der Waals surface area contributed by atoms with E-state index in [1.165, 1.54) is 11.0 Å². The molecule has 0 saturated carbocycles. The van der Waals surface area contributed by atoms with Crippen molar-refractivity contribution < 1.29 is 14.2 Å². The van der Waals surface area contributed by atoms with Gasteiger partial charge in [-0.3, -0.25) is 0 Å². The van der Waals surface area contributed by atoms with Gasteiger partial charge in [0.1, 0.15) is 17.2 Å². The number of rotatable bonds is 4. The SMILES string of the molecule is CC1(C)Oc2ccc(C#N)cc2C(F)(N(Cc2ncc[nH]2)c2ccccc2)C1O. The highest BCUT2D eigenvalue weighted by Crippen LogP contribution is 2.50. The summed E-state index contributed by atoms with van der Waals surface area (Å²) in [5.74, 6) is -1.53. The Labute approximate surface area is 168 Å². The Morgan fingerprint density at radius 1 is 1.28 bits per heavy atom. The number of anilines is 1. The molecule has 0 fully saturated rings. The van der Waals surface area contributed by atoms with Crippen LogP contribution in [-0.2, 0) is 12.3 Å². The van der Waals surface area contributed by atoms with Crippen molar-refractivity contribution in [3.63, 3.8) is 0 Å². The molecule has 2 unspecified atom stereocenters. The van der Waals surface area contributed by atoms with Gasteiger partial charge in [-0.05, 0) is 44.2 Å². The van der Waals surface area contributed by atoms with Gasteiger partial charge < -0.3 is 19.7 Å². The second-order valence-electron chi connectivity index (χ2n) is 7.56. The fraction of sp³-hybridized carbons (Fsp3) is 0.273. The number of alkyl halides is 1. The Balaban J connectivity index is 1.95. The molecule has 0 amide bonds. The van der Waals surface area contributed by atoms with Gasteiger partial charge in [0, 0.05) is 18.1 Å². The van der Waals surface area contributed by atoms with Crippen LogP contribution in [0.2, 0.25) is 0 Å². The molecule has 1 aliphatic rings. The van der Waals surface area contributed by atoms with E-state index in [4.69, 9.17) is 4.74 Å². The van der Waals surface area contributed by atoms with E-state index in [2.05, 4.69) is 9.97 Å². The van der Waals surface area contributed by atoms with Crippen LogP contribution in [0.4, 0.5) is 10.1 Å².